The molecule has 1 saturated carbocycles. The number of thiazole rings is 1. The number of urea groups is 1. The summed E-state index contributed by atoms with van der Waals surface area (Å²) in [7, 11) is 1.60. The first-order valence-corrected chi connectivity index (χ1v) is 31.9. The molecule has 90 heavy (non-hydrogen) atoms. The van der Waals surface area contributed by atoms with Crippen molar-refractivity contribution < 1.29 is 48.0 Å². The summed E-state index contributed by atoms with van der Waals surface area (Å²) >= 11 is 1.55. The third-order valence-electron chi connectivity index (χ3n) is 17.0. The summed E-state index contributed by atoms with van der Waals surface area (Å²) in [4.78, 5) is 70.0. The summed E-state index contributed by atoms with van der Waals surface area (Å²) in [5, 5.41) is 30.6. The molecule has 10 rings (SSSR count). The number of nitrogens with one attached hydrogen (secondary N) is 3. The number of piperazine rings is 1. The van der Waals surface area contributed by atoms with Gasteiger partial charge in [-0.2, -0.15) is 5.26 Å². The van der Waals surface area contributed by atoms with Gasteiger partial charge in [-0.1, -0.05) is 63.1 Å². The Kier molecular flexibility index (Phi) is 22.0. The van der Waals surface area contributed by atoms with Crippen LogP contribution in [0.2, 0.25) is 0 Å². The van der Waals surface area contributed by atoms with E-state index in [1.165, 1.54) is 0 Å². The zero-order chi connectivity index (χ0) is 63.1. The number of carbonyl (C=O) groups excluding carboxylic acids is 4. The van der Waals surface area contributed by atoms with E-state index in [1.807, 2.05) is 86.9 Å². The van der Waals surface area contributed by atoms with Gasteiger partial charge in [0.2, 0.25) is 5.91 Å². The van der Waals surface area contributed by atoms with E-state index in [1.54, 1.807) is 72.0 Å². The van der Waals surface area contributed by atoms with Crippen LogP contribution in [-0.4, -0.2) is 138 Å². The average molecular weight is 1240 g/mol. The van der Waals surface area contributed by atoms with Gasteiger partial charge in [0.15, 0.2) is 17.3 Å². The molecule has 2 aromatic heterocycles. The van der Waals surface area contributed by atoms with Crippen molar-refractivity contribution in [1.82, 2.24) is 30.0 Å². The number of nitriles is 1. The van der Waals surface area contributed by atoms with Crippen molar-refractivity contribution in [3.63, 3.8) is 0 Å². The Morgan fingerprint density at radius 2 is 1.54 bits per heavy atom. The van der Waals surface area contributed by atoms with Gasteiger partial charge in [-0.25, -0.2) is 9.78 Å². The SMILES string of the molecule is COc1cc2c(Nc3ccc(Oc4cccc(NC(N)=O)c4)cc3)c(C#N)cnc2cc1OCCCN1CCN(CCCCCCOCCOc2cc(-c3scnc3C)ccc2CNC(=O)[C@@H]2C[C@@H](O)CC2C(=O)[C@H](C(C)C)N2Cc3ccccc3C2=O)CC1. The van der Waals surface area contributed by atoms with Crippen molar-refractivity contribution in [2.45, 2.75) is 91.0 Å². The number of amides is 4. The molecule has 1 aliphatic carbocycles. The second kappa shape index (κ2) is 30.7. The number of carbonyl (C=O) groups is 4. The lowest BCUT2D eigenvalue weighted by molar-refractivity contribution is -0.136. The van der Waals surface area contributed by atoms with Crippen LogP contribution in [0.15, 0.2) is 115 Å². The van der Waals surface area contributed by atoms with Crippen LogP contribution in [0.5, 0.6) is 28.7 Å². The summed E-state index contributed by atoms with van der Waals surface area (Å²) in [6.07, 6.45) is 6.24. The number of anilines is 3. The maximum Gasteiger partial charge on any atom is 0.316 e. The number of Topliss-reactive ketones (excluding diaryl/α,β-unsaturated/α-hetero) is 1. The Morgan fingerprint density at radius 3 is 2.28 bits per heavy atom. The third-order valence-corrected chi connectivity index (χ3v) is 17.9. The topological polar surface area (TPSA) is 256 Å². The molecule has 6 N–H and O–H groups in total. The number of aryl methyl sites for hydroxylation is 1. The number of hydrogen-bond donors (Lipinski definition) is 5. The minimum Gasteiger partial charge on any atom is -0.493 e. The minimum absolute atomic E-state index is 0.166. The van der Waals surface area contributed by atoms with E-state index in [4.69, 9.17) is 29.4 Å². The normalized spacial score (nSPS) is 17.0. The fourth-order valence-corrected chi connectivity index (χ4v) is 13.1. The van der Waals surface area contributed by atoms with Gasteiger partial charge < -0.3 is 65.2 Å². The number of unbranched alkanes of at least 4 members (excludes halogenated alkanes) is 3. The van der Waals surface area contributed by atoms with Crippen molar-refractivity contribution in [2.75, 3.05) is 83.4 Å². The minimum atomic E-state index is -0.802. The lowest BCUT2D eigenvalue weighted by Gasteiger charge is -2.34. The zero-order valence-corrected chi connectivity index (χ0v) is 52.4. The number of aromatic nitrogens is 2. The molecule has 4 heterocycles. The Bertz CT molecular complexity index is 3680. The van der Waals surface area contributed by atoms with E-state index >= 15 is 0 Å². The molecule has 1 unspecified atom stereocenters. The molecule has 0 radical (unpaired) electrons. The quantitative estimate of drug-likeness (QED) is 0.0262. The Hall–Kier alpha value is -8.65. The summed E-state index contributed by atoms with van der Waals surface area (Å²) in [6.45, 7) is 14.3. The highest BCUT2D eigenvalue weighted by Gasteiger charge is 2.48. The van der Waals surface area contributed by atoms with Gasteiger partial charge in [-0.05, 0) is 117 Å². The van der Waals surface area contributed by atoms with Crippen molar-refractivity contribution in [3.05, 3.63) is 143 Å². The second-order valence-corrected chi connectivity index (χ2v) is 24.4. The largest absolute Gasteiger partial charge is 0.493 e. The molecule has 2 fully saturated rings. The van der Waals surface area contributed by atoms with Gasteiger partial charge in [0.1, 0.15) is 29.9 Å². The Balaban J connectivity index is 0.615. The summed E-state index contributed by atoms with van der Waals surface area (Å²) < 4.78 is 30.5. The molecule has 20 nitrogen and oxygen atoms in total. The van der Waals surface area contributed by atoms with Crippen LogP contribution >= 0.6 is 11.3 Å². The van der Waals surface area contributed by atoms with Crippen LogP contribution in [0.25, 0.3) is 21.3 Å². The monoisotopic (exact) mass is 1240 g/mol. The lowest BCUT2D eigenvalue weighted by atomic mass is 9.83. The smallest absolute Gasteiger partial charge is 0.316 e. The number of pyridine rings is 1. The first-order chi connectivity index (χ1) is 43.7. The number of rotatable bonds is 30. The molecule has 1 saturated heterocycles. The predicted octanol–water partition coefficient (Wildman–Crippen LogP) is 10.9. The molecule has 4 amide bonds. The number of nitrogens with zero attached hydrogens (tertiary/aromatic N) is 6. The summed E-state index contributed by atoms with van der Waals surface area (Å²) in [6, 6.07) is 32.1. The van der Waals surface area contributed by atoms with Crippen LogP contribution in [0.1, 0.15) is 91.5 Å². The van der Waals surface area contributed by atoms with Gasteiger partial charge in [0.25, 0.3) is 5.91 Å². The fraction of sp³-hybridized carbons (Fsp3) is 0.406. The molecular formula is C69H80N10O10S. The number of ether oxygens (including phenoxy) is 5. The third kappa shape index (κ3) is 16.2. The molecule has 3 aliphatic rings. The predicted molar refractivity (Wildman–Crippen MR) is 347 cm³/mol. The number of ketones is 1. The average Bonchev–Trinajstić information content (AvgIpc) is 2.00. The molecule has 472 valence electrons. The maximum absolute atomic E-state index is 14.4. The second-order valence-electron chi connectivity index (χ2n) is 23.5. The van der Waals surface area contributed by atoms with Crippen LogP contribution in [0.3, 0.4) is 0 Å². The van der Waals surface area contributed by atoms with E-state index in [0.29, 0.717) is 95.1 Å². The highest BCUT2D eigenvalue weighted by Crippen LogP contribution is 2.40. The molecule has 7 aromatic rings. The number of benzene rings is 5. The van der Waals surface area contributed by atoms with E-state index in [0.717, 1.165) is 104 Å². The standard InChI is InChI=1S/C69H80N10O10S/c1-44(2)64(79-42-48-13-7-8-16-55(48)68(79)83)65(81)56-35-52(80)36-57(56)67(82)73-40-47-18-17-46(66-45(3)74-43-90-66)33-60(47)88-32-31-86-29-10-6-5-9-23-77-25-27-78(28-26-77)24-12-30-87-62-38-59-58(37-61(62)85-4)63(49(39-70)41-72-59)75-50-19-21-53(22-20-50)89-54-15-11-14-51(34-54)76-69(71)84/h7-8,11,13-22,33-34,37-38,41,43-44,52,56-57,64,80H,5-6,9-10,12,23-32,35-36,40,42H2,1-4H3,(H,72,75)(H,73,82)(H3,71,76,84)/t52-,56?,57+,64-/m0/s1. The van der Waals surface area contributed by atoms with Gasteiger partial charge >= 0.3 is 6.03 Å². The van der Waals surface area contributed by atoms with Crippen molar-refractivity contribution in [3.8, 4) is 45.3 Å². The Labute approximate surface area is 529 Å². The van der Waals surface area contributed by atoms with Crippen molar-refractivity contribution in [2.24, 2.45) is 23.5 Å². The van der Waals surface area contributed by atoms with Crippen LogP contribution in [0, 0.1) is 36.0 Å². The molecular weight excluding hydrogens is 1160 g/mol. The molecule has 0 spiro atoms. The first kappa shape index (κ1) is 64.3. The molecule has 5 aromatic carbocycles. The highest BCUT2D eigenvalue weighted by molar-refractivity contribution is 7.13. The molecule has 0 bridgehead atoms. The first-order valence-electron chi connectivity index (χ1n) is 31.1. The summed E-state index contributed by atoms with van der Waals surface area (Å²) in [5.74, 6) is 0.538. The molecule has 21 heteroatoms. The maximum atomic E-state index is 14.4. The zero-order valence-electron chi connectivity index (χ0n) is 51.6. The number of hydrogen-bond acceptors (Lipinski definition) is 17. The number of aliphatic hydroxyl groups is 1. The number of primary amides is 1. The molecule has 4 atom stereocenters. The van der Waals surface area contributed by atoms with E-state index in [2.05, 4.69) is 41.8 Å². The lowest BCUT2D eigenvalue weighted by Crippen LogP contribution is -2.49. The Morgan fingerprint density at radius 1 is 0.789 bits per heavy atom. The number of nitrogens with two attached hydrogens (primary N) is 1. The number of aliphatic hydroxyl groups excluding tert-OH is 1. The van der Waals surface area contributed by atoms with E-state index in [-0.39, 0.29) is 42.9 Å². The molecule has 2 aliphatic heterocycles. The number of fused-ring (bicyclic) bond motifs is 2. The van der Waals surface area contributed by atoms with Crippen LogP contribution in [0.4, 0.5) is 21.9 Å². The van der Waals surface area contributed by atoms with E-state index in [9.17, 15) is 29.5 Å². The van der Waals surface area contributed by atoms with Gasteiger partial charge in [-0.3, -0.25) is 19.4 Å². The number of methoxy groups -OCH3 is 1. The summed E-state index contributed by atoms with van der Waals surface area (Å²) in [5.41, 5.74) is 14.1. The van der Waals surface area contributed by atoms with Crippen molar-refractivity contribution in [1.29, 1.82) is 5.26 Å². The fourth-order valence-electron chi connectivity index (χ4n) is 12.3. The highest BCUT2D eigenvalue weighted by atomic mass is 32.1. The van der Waals surface area contributed by atoms with Crippen molar-refractivity contribution >= 4 is 62.9 Å². The van der Waals surface area contributed by atoms with Crippen LogP contribution < -0.4 is 40.6 Å². The van der Waals surface area contributed by atoms with Crippen LogP contribution in [-0.2, 0) is 27.4 Å². The van der Waals surface area contributed by atoms with Gasteiger partial charge in [0.05, 0.1) is 71.2 Å². The van der Waals surface area contributed by atoms with E-state index < -0.39 is 30.0 Å². The van der Waals surface area contributed by atoms with Gasteiger partial charge in [-0.15, -0.1) is 11.3 Å². The van der Waals surface area contributed by atoms with Gasteiger partial charge in [0, 0.05) is 105 Å².